The van der Waals surface area contributed by atoms with Crippen molar-refractivity contribution in [2.45, 2.75) is 118 Å². The Labute approximate surface area is 197 Å². The van der Waals surface area contributed by atoms with Crippen molar-refractivity contribution in [1.29, 1.82) is 0 Å². The summed E-state index contributed by atoms with van der Waals surface area (Å²) in [6.45, 7) is 19.8. The first-order valence-electron chi connectivity index (χ1n) is 12.8. The zero-order chi connectivity index (χ0) is 24.2. The Morgan fingerprint density at radius 3 is 1.06 bits per heavy atom. The summed E-state index contributed by atoms with van der Waals surface area (Å²) in [6, 6.07) is 8.76. The molecule has 0 aliphatic carbocycles. The quantitative estimate of drug-likeness (QED) is 0.388. The van der Waals surface area contributed by atoms with Gasteiger partial charge in [0.1, 0.15) is 11.5 Å². The lowest BCUT2D eigenvalue weighted by Crippen LogP contribution is -2.07. The Hall–Kier alpha value is -1.96. The van der Waals surface area contributed by atoms with E-state index in [-0.39, 0.29) is 5.92 Å². The normalized spacial score (nSPS) is 16.4. The van der Waals surface area contributed by atoms with Crippen LogP contribution in [0.4, 0.5) is 0 Å². The molecule has 0 heterocycles. The molecule has 0 aliphatic heterocycles. The minimum Gasteiger partial charge on any atom is -0.507 e. The van der Waals surface area contributed by atoms with Crippen molar-refractivity contribution in [2.75, 3.05) is 0 Å². The number of aromatic hydroxyl groups is 2. The molecule has 0 amide bonds. The molecule has 2 rings (SSSR count). The maximum absolute atomic E-state index is 11.4. The SMILES string of the molecule is CCC(C)c1cc(C(C)CC)c(O)c(C(C)c2cc(C(C)CC)cc(C(C)CC)c2O)c1. The predicted molar refractivity (Wildman–Crippen MR) is 139 cm³/mol. The Morgan fingerprint density at radius 1 is 0.500 bits per heavy atom. The largest absolute Gasteiger partial charge is 0.507 e. The maximum atomic E-state index is 11.4. The van der Waals surface area contributed by atoms with E-state index in [1.807, 2.05) is 0 Å². The van der Waals surface area contributed by atoms with Gasteiger partial charge in [0.15, 0.2) is 0 Å². The zero-order valence-corrected chi connectivity index (χ0v) is 21.9. The monoisotopic (exact) mass is 438 g/mol. The van der Waals surface area contributed by atoms with Crippen LogP contribution in [0.3, 0.4) is 0 Å². The Morgan fingerprint density at radius 2 is 0.781 bits per heavy atom. The third kappa shape index (κ3) is 5.33. The van der Waals surface area contributed by atoms with Crippen molar-refractivity contribution in [3.05, 3.63) is 57.6 Å². The van der Waals surface area contributed by atoms with E-state index in [1.54, 1.807) is 0 Å². The highest BCUT2D eigenvalue weighted by Crippen LogP contribution is 2.45. The molecule has 2 nitrogen and oxygen atoms in total. The van der Waals surface area contributed by atoms with Crippen molar-refractivity contribution in [3.63, 3.8) is 0 Å². The second-order valence-corrected chi connectivity index (χ2v) is 10.1. The summed E-state index contributed by atoms with van der Waals surface area (Å²) in [6.07, 6.45) is 4.09. The summed E-state index contributed by atoms with van der Waals surface area (Å²) in [7, 11) is 0. The average molecular weight is 439 g/mol. The van der Waals surface area contributed by atoms with Gasteiger partial charge in [-0.2, -0.15) is 0 Å². The van der Waals surface area contributed by atoms with Crippen LogP contribution < -0.4 is 0 Å². The molecule has 0 bridgehead atoms. The van der Waals surface area contributed by atoms with Gasteiger partial charge in [-0.1, -0.05) is 86.6 Å². The molecule has 0 aliphatic rings. The van der Waals surface area contributed by atoms with Gasteiger partial charge in [-0.05, 0) is 71.6 Å². The molecule has 0 saturated carbocycles. The highest BCUT2D eigenvalue weighted by Gasteiger charge is 2.25. The topological polar surface area (TPSA) is 40.5 Å². The van der Waals surface area contributed by atoms with Crippen LogP contribution in [-0.4, -0.2) is 10.2 Å². The first kappa shape index (κ1) is 26.3. The molecule has 0 radical (unpaired) electrons. The highest BCUT2D eigenvalue weighted by atomic mass is 16.3. The standard InChI is InChI=1S/C30H46O2/c1-10-18(5)23-14-25(20(7)12-3)29(31)27(16-23)22(9)28-17-24(19(6)11-2)15-26(30(28)32)21(8)13-4/h14-22,31-32H,10-13H2,1-9H3. The number of hydrogen-bond donors (Lipinski definition) is 2. The smallest absolute Gasteiger partial charge is 0.122 e. The third-order valence-corrected chi connectivity index (χ3v) is 7.96. The molecule has 2 aromatic carbocycles. The Bertz CT molecular complexity index is 825. The summed E-state index contributed by atoms with van der Waals surface area (Å²) in [5.41, 5.74) is 6.50. The van der Waals surface area contributed by atoms with E-state index < -0.39 is 0 Å². The summed E-state index contributed by atoms with van der Waals surface area (Å²) < 4.78 is 0. The molecule has 0 saturated heterocycles. The summed E-state index contributed by atoms with van der Waals surface area (Å²) in [5.74, 6) is 2.16. The van der Waals surface area contributed by atoms with E-state index in [0.29, 0.717) is 35.2 Å². The summed E-state index contributed by atoms with van der Waals surface area (Å²) in [5, 5.41) is 22.7. The van der Waals surface area contributed by atoms with Gasteiger partial charge in [-0.3, -0.25) is 0 Å². The minimum atomic E-state index is -0.0892. The number of phenols is 2. The van der Waals surface area contributed by atoms with Crippen LogP contribution in [0.1, 0.15) is 151 Å². The second-order valence-electron chi connectivity index (χ2n) is 10.1. The van der Waals surface area contributed by atoms with Crippen molar-refractivity contribution < 1.29 is 10.2 Å². The van der Waals surface area contributed by atoms with E-state index in [1.165, 1.54) is 11.1 Å². The summed E-state index contributed by atoms with van der Waals surface area (Å²) >= 11 is 0. The summed E-state index contributed by atoms with van der Waals surface area (Å²) in [4.78, 5) is 0. The maximum Gasteiger partial charge on any atom is 0.122 e. The Balaban J connectivity index is 2.76. The lowest BCUT2D eigenvalue weighted by atomic mass is 9.80. The van der Waals surface area contributed by atoms with Crippen molar-refractivity contribution in [3.8, 4) is 11.5 Å². The number of phenolic OH excluding ortho intramolecular Hbond substituents is 2. The van der Waals surface area contributed by atoms with Crippen molar-refractivity contribution >= 4 is 0 Å². The lowest BCUT2D eigenvalue weighted by Gasteiger charge is -2.25. The molecular weight excluding hydrogens is 392 g/mol. The first-order valence-corrected chi connectivity index (χ1v) is 12.8. The molecule has 0 spiro atoms. The van der Waals surface area contributed by atoms with Crippen LogP contribution in [0.25, 0.3) is 0 Å². The molecule has 2 N–H and O–H groups in total. The fourth-order valence-electron chi connectivity index (χ4n) is 4.47. The van der Waals surface area contributed by atoms with Crippen LogP contribution in [0.2, 0.25) is 0 Å². The van der Waals surface area contributed by atoms with E-state index in [9.17, 15) is 10.2 Å². The number of hydrogen-bond acceptors (Lipinski definition) is 2. The van der Waals surface area contributed by atoms with Gasteiger partial charge < -0.3 is 10.2 Å². The zero-order valence-electron chi connectivity index (χ0n) is 21.9. The van der Waals surface area contributed by atoms with Crippen LogP contribution in [0.15, 0.2) is 24.3 Å². The van der Waals surface area contributed by atoms with Gasteiger partial charge in [0.05, 0.1) is 0 Å². The molecule has 4 atom stereocenters. The second kappa shape index (κ2) is 11.3. The van der Waals surface area contributed by atoms with Crippen LogP contribution >= 0.6 is 0 Å². The lowest BCUT2D eigenvalue weighted by molar-refractivity contribution is 0.442. The van der Waals surface area contributed by atoms with Gasteiger partial charge in [0, 0.05) is 17.0 Å². The van der Waals surface area contributed by atoms with Crippen molar-refractivity contribution in [1.82, 2.24) is 0 Å². The van der Waals surface area contributed by atoms with Gasteiger partial charge in [-0.25, -0.2) is 0 Å². The van der Waals surface area contributed by atoms with Crippen LogP contribution in [0, 0.1) is 0 Å². The first-order chi connectivity index (χ1) is 15.1. The molecule has 32 heavy (non-hydrogen) atoms. The van der Waals surface area contributed by atoms with Gasteiger partial charge in [-0.15, -0.1) is 0 Å². The minimum absolute atomic E-state index is 0.0892. The average Bonchev–Trinajstić information content (AvgIpc) is 2.81. The fraction of sp³-hybridized carbons (Fsp3) is 0.600. The molecular formula is C30H46O2. The van der Waals surface area contributed by atoms with E-state index >= 15 is 0 Å². The predicted octanol–water partition coefficient (Wildman–Crippen LogP) is 9.30. The molecule has 0 aromatic heterocycles. The van der Waals surface area contributed by atoms with Gasteiger partial charge in [0.2, 0.25) is 0 Å². The molecule has 2 aromatic rings. The third-order valence-electron chi connectivity index (χ3n) is 7.96. The number of rotatable bonds is 10. The van der Waals surface area contributed by atoms with Crippen LogP contribution in [0.5, 0.6) is 11.5 Å². The van der Waals surface area contributed by atoms with Crippen molar-refractivity contribution in [2.24, 2.45) is 0 Å². The molecule has 2 heteroatoms. The van der Waals surface area contributed by atoms with Gasteiger partial charge in [0.25, 0.3) is 0 Å². The molecule has 178 valence electrons. The van der Waals surface area contributed by atoms with E-state index in [0.717, 1.165) is 47.9 Å². The van der Waals surface area contributed by atoms with Crippen LogP contribution in [-0.2, 0) is 0 Å². The Kier molecular flexibility index (Phi) is 9.25. The number of benzene rings is 2. The molecule has 4 unspecified atom stereocenters. The van der Waals surface area contributed by atoms with E-state index in [4.69, 9.17) is 0 Å². The van der Waals surface area contributed by atoms with E-state index in [2.05, 4.69) is 86.6 Å². The van der Waals surface area contributed by atoms with Gasteiger partial charge >= 0.3 is 0 Å². The molecule has 0 fully saturated rings. The fourth-order valence-corrected chi connectivity index (χ4v) is 4.47. The highest BCUT2D eigenvalue weighted by molar-refractivity contribution is 5.55.